The minimum absolute atomic E-state index is 0.331. The van der Waals surface area contributed by atoms with Crippen LogP contribution < -0.4 is 5.32 Å². The molecular formula is C23H27N. The van der Waals surface area contributed by atoms with Crippen LogP contribution in [-0.2, 0) is 0 Å². The Morgan fingerprint density at radius 3 is 2.08 bits per heavy atom. The molecule has 0 aliphatic carbocycles. The third kappa shape index (κ3) is 5.07. The van der Waals surface area contributed by atoms with Crippen molar-refractivity contribution in [1.29, 1.82) is 0 Å². The quantitative estimate of drug-likeness (QED) is 0.575. The van der Waals surface area contributed by atoms with Crippen molar-refractivity contribution >= 4 is 0 Å². The maximum absolute atomic E-state index is 3.98. The smallest absolute Gasteiger partial charge is 0.0291 e. The van der Waals surface area contributed by atoms with Gasteiger partial charge in [-0.3, -0.25) is 0 Å². The van der Waals surface area contributed by atoms with Crippen LogP contribution in [0.15, 0.2) is 97.6 Å². The van der Waals surface area contributed by atoms with Crippen LogP contribution in [0.4, 0.5) is 0 Å². The van der Waals surface area contributed by atoms with Crippen LogP contribution in [0.25, 0.3) is 0 Å². The first-order chi connectivity index (χ1) is 11.8. The summed E-state index contributed by atoms with van der Waals surface area (Å²) in [6.45, 7) is 11.0. The van der Waals surface area contributed by atoms with E-state index in [1.54, 1.807) is 0 Å². The van der Waals surface area contributed by atoms with Gasteiger partial charge in [-0.05, 0) is 36.6 Å². The molecule has 0 fully saturated rings. The lowest BCUT2D eigenvalue weighted by Crippen LogP contribution is -2.21. The van der Waals surface area contributed by atoms with E-state index >= 15 is 0 Å². The summed E-state index contributed by atoms with van der Waals surface area (Å²) in [6.07, 6.45) is 6.87. The Balaban J connectivity index is 2.05. The molecule has 2 atom stereocenters. The maximum atomic E-state index is 3.98. The summed E-state index contributed by atoms with van der Waals surface area (Å²) in [6, 6.07) is 21.5. The van der Waals surface area contributed by atoms with Gasteiger partial charge in [0.25, 0.3) is 0 Å². The topological polar surface area (TPSA) is 12.0 Å². The molecule has 1 N–H and O–H groups in total. The highest BCUT2D eigenvalue weighted by molar-refractivity contribution is 5.36. The minimum Gasteiger partial charge on any atom is -0.310 e. The standard InChI is InChI=1S/C23H27N/c1-4-12-20(5-2)23(22-15-10-7-11-16-22)17-18-24-19(3)21-13-8-6-9-14-21/h4-16,19,23-24H,1-2,17-18H2,3H3/b20-12+. The predicted molar refractivity (Wildman–Crippen MR) is 105 cm³/mol. The Bertz CT molecular complexity index is 655. The van der Waals surface area contributed by atoms with E-state index in [9.17, 15) is 0 Å². The molecular weight excluding hydrogens is 290 g/mol. The van der Waals surface area contributed by atoms with E-state index in [-0.39, 0.29) is 0 Å². The second-order valence-corrected chi connectivity index (χ2v) is 5.94. The van der Waals surface area contributed by atoms with Gasteiger partial charge in [0.15, 0.2) is 0 Å². The second kappa shape index (κ2) is 9.69. The van der Waals surface area contributed by atoms with E-state index in [0.29, 0.717) is 12.0 Å². The normalized spacial score (nSPS) is 14.0. The highest BCUT2D eigenvalue weighted by Gasteiger charge is 2.14. The number of rotatable bonds is 9. The molecule has 0 aliphatic rings. The van der Waals surface area contributed by atoms with Crippen LogP contribution in [0.3, 0.4) is 0 Å². The van der Waals surface area contributed by atoms with Gasteiger partial charge < -0.3 is 5.32 Å². The summed E-state index contributed by atoms with van der Waals surface area (Å²) in [5.74, 6) is 0.331. The van der Waals surface area contributed by atoms with Crippen molar-refractivity contribution in [3.63, 3.8) is 0 Å². The van der Waals surface area contributed by atoms with Crippen molar-refractivity contribution in [3.05, 3.63) is 109 Å². The molecule has 1 heteroatoms. The zero-order chi connectivity index (χ0) is 17.2. The molecule has 0 bridgehead atoms. The van der Waals surface area contributed by atoms with Crippen LogP contribution in [0.2, 0.25) is 0 Å². The van der Waals surface area contributed by atoms with Crippen molar-refractivity contribution in [2.75, 3.05) is 6.54 Å². The summed E-state index contributed by atoms with van der Waals surface area (Å²) in [7, 11) is 0. The fraction of sp³-hybridized carbons (Fsp3) is 0.217. The molecule has 0 radical (unpaired) electrons. The van der Waals surface area contributed by atoms with E-state index in [0.717, 1.165) is 13.0 Å². The van der Waals surface area contributed by atoms with Crippen LogP contribution >= 0.6 is 0 Å². The third-order valence-electron chi connectivity index (χ3n) is 4.33. The highest BCUT2D eigenvalue weighted by Crippen LogP contribution is 2.28. The Kier molecular flexibility index (Phi) is 7.25. The molecule has 2 unspecified atom stereocenters. The number of allylic oxidation sites excluding steroid dienone is 4. The lowest BCUT2D eigenvalue weighted by atomic mass is 9.87. The first kappa shape index (κ1) is 18.0. The molecule has 0 spiro atoms. The highest BCUT2D eigenvalue weighted by atomic mass is 14.9. The lowest BCUT2D eigenvalue weighted by Gasteiger charge is -2.21. The molecule has 1 nitrogen and oxygen atoms in total. The molecule has 0 saturated carbocycles. The summed E-state index contributed by atoms with van der Waals surface area (Å²) in [4.78, 5) is 0. The summed E-state index contributed by atoms with van der Waals surface area (Å²) in [5.41, 5.74) is 3.85. The number of hydrogen-bond acceptors (Lipinski definition) is 1. The average Bonchev–Trinajstić information content (AvgIpc) is 2.65. The van der Waals surface area contributed by atoms with Gasteiger partial charge in [-0.15, -0.1) is 0 Å². The Morgan fingerprint density at radius 1 is 0.958 bits per heavy atom. The average molecular weight is 317 g/mol. The first-order valence-electron chi connectivity index (χ1n) is 8.54. The van der Waals surface area contributed by atoms with Gasteiger partial charge in [0.05, 0.1) is 0 Å². The van der Waals surface area contributed by atoms with Crippen LogP contribution in [0, 0.1) is 0 Å². The molecule has 124 valence electrons. The molecule has 24 heavy (non-hydrogen) atoms. The van der Waals surface area contributed by atoms with E-state index in [4.69, 9.17) is 0 Å². The molecule has 2 aromatic carbocycles. The maximum Gasteiger partial charge on any atom is 0.0291 e. The van der Waals surface area contributed by atoms with E-state index < -0.39 is 0 Å². The van der Waals surface area contributed by atoms with Crippen molar-refractivity contribution in [2.45, 2.75) is 25.3 Å². The van der Waals surface area contributed by atoms with Gasteiger partial charge in [-0.25, -0.2) is 0 Å². The van der Waals surface area contributed by atoms with Crippen molar-refractivity contribution in [2.24, 2.45) is 0 Å². The molecule has 2 aromatic rings. The summed E-state index contributed by atoms with van der Waals surface area (Å²) in [5, 5.41) is 3.63. The van der Waals surface area contributed by atoms with Crippen LogP contribution in [0.1, 0.15) is 36.4 Å². The van der Waals surface area contributed by atoms with Gasteiger partial charge in [-0.2, -0.15) is 0 Å². The lowest BCUT2D eigenvalue weighted by molar-refractivity contribution is 0.540. The van der Waals surface area contributed by atoms with Crippen LogP contribution in [0.5, 0.6) is 0 Å². The molecule has 0 heterocycles. The van der Waals surface area contributed by atoms with E-state index in [1.807, 2.05) is 12.2 Å². The van der Waals surface area contributed by atoms with Crippen LogP contribution in [-0.4, -0.2) is 6.54 Å². The monoisotopic (exact) mass is 317 g/mol. The van der Waals surface area contributed by atoms with Crippen molar-refractivity contribution in [1.82, 2.24) is 5.32 Å². The Morgan fingerprint density at radius 2 is 1.54 bits per heavy atom. The molecule has 0 saturated heterocycles. The molecule has 0 aromatic heterocycles. The largest absolute Gasteiger partial charge is 0.310 e. The van der Waals surface area contributed by atoms with E-state index in [1.165, 1.54) is 16.7 Å². The SMILES string of the molecule is C=C/C=C(\C=C)C(CCNC(C)c1ccccc1)c1ccccc1. The molecule has 2 rings (SSSR count). The zero-order valence-electron chi connectivity index (χ0n) is 14.5. The number of nitrogens with one attached hydrogen (secondary N) is 1. The van der Waals surface area contributed by atoms with Gasteiger partial charge in [-0.1, -0.05) is 92.0 Å². The number of hydrogen-bond donors (Lipinski definition) is 1. The molecule has 0 aliphatic heterocycles. The number of benzene rings is 2. The fourth-order valence-electron chi connectivity index (χ4n) is 2.98. The Hall–Kier alpha value is -2.38. The fourth-order valence-corrected chi connectivity index (χ4v) is 2.98. The predicted octanol–water partition coefficient (Wildman–Crippen LogP) is 5.81. The summed E-state index contributed by atoms with van der Waals surface area (Å²) >= 11 is 0. The van der Waals surface area contributed by atoms with Gasteiger partial charge in [0.1, 0.15) is 0 Å². The van der Waals surface area contributed by atoms with Gasteiger partial charge in [0, 0.05) is 12.0 Å². The minimum atomic E-state index is 0.331. The van der Waals surface area contributed by atoms with Gasteiger partial charge in [0.2, 0.25) is 0 Å². The van der Waals surface area contributed by atoms with E-state index in [2.05, 4.69) is 92.1 Å². The van der Waals surface area contributed by atoms with Crippen molar-refractivity contribution < 1.29 is 0 Å². The van der Waals surface area contributed by atoms with Gasteiger partial charge >= 0.3 is 0 Å². The third-order valence-corrected chi connectivity index (χ3v) is 4.33. The Labute approximate surface area is 146 Å². The zero-order valence-corrected chi connectivity index (χ0v) is 14.5. The summed E-state index contributed by atoms with van der Waals surface area (Å²) < 4.78 is 0. The first-order valence-corrected chi connectivity index (χ1v) is 8.54. The van der Waals surface area contributed by atoms with Crippen molar-refractivity contribution in [3.8, 4) is 0 Å². The molecule has 0 amide bonds. The second-order valence-electron chi connectivity index (χ2n) is 5.94.